The number of esters is 1. The van der Waals surface area contributed by atoms with Crippen molar-refractivity contribution < 1.29 is 29.0 Å². The maximum Gasteiger partial charge on any atom is 0.307 e. The Hall–Kier alpha value is -1.61. The highest BCUT2D eigenvalue weighted by molar-refractivity contribution is 8.13. The molecule has 0 aliphatic carbocycles. The number of aliphatic hydroxyl groups excluding tert-OH is 1. The van der Waals surface area contributed by atoms with Crippen molar-refractivity contribution in [1.29, 1.82) is 0 Å². The second kappa shape index (κ2) is 9.63. The van der Waals surface area contributed by atoms with E-state index >= 15 is 0 Å². The SMILES string of the molecule is CC(C)(CO)C1OC(=O)CCC(=O)SCCNC(=O)CCNC1=O. The van der Waals surface area contributed by atoms with E-state index in [4.69, 9.17) is 4.74 Å². The molecular weight excluding hydrogens is 336 g/mol. The molecule has 1 aliphatic heterocycles. The van der Waals surface area contributed by atoms with Gasteiger partial charge in [-0.05, 0) is 0 Å². The molecule has 0 radical (unpaired) electrons. The Balaban J connectivity index is 2.84. The van der Waals surface area contributed by atoms with E-state index in [0.717, 1.165) is 11.8 Å². The molecule has 0 aromatic heterocycles. The van der Waals surface area contributed by atoms with E-state index in [1.165, 1.54) is 0 Å². The molecule has 1 saturated heterocycles. The van der Waals surface area contributed by atoms with Crippen LogP contribution in [0.25, 0.3) is 0 Å². The average Bonchev–Trinajstić information content (AvgIpc) is 2.53. The molecule has 1 fully saturated rings. The minimum atomic E-state index is -1.20. The third-order valence-electron chi connectivity index (χ3n) is 3.48. The molecule has 136 valence electrons. The number of nitrogens with one attached hydrogen (secondary N) is 2. The number of aliphatic hydroxyl groups is 1. The summed E-state index contributed by atoms with van der Waals surface area (Å²) in [6, 6.07) is 0. The van der Waals surface area contributed by atoms with Crippen molar-refractivity contribution in [2.24, 2.45) is 5.41 Å². The number of hydrogen-bond donors (Lipinski definition) is 3. The van der Waals surface area contributed by atoms with E-state index in [0.29, 0.717) is 12.3 Å². The Bertz CT molecular complexity index is 494. The highest BCUT2D eigenvalue weighted by Gasteiger charge is 2.38. The van der Waals surface area contributed by atoms with E-state index in [2.05, 4.69) is 10.6 Å². The van der Waals surface area contributed by atoms with Crippen molar-refractivity contribution >= 4 is 34.7 Å². The molecule has 2 amide bonds. The highest BCUT2D eigenvalue weighted by atomic mass is 32.2. The zero-order chi connectivity index (χ0) is 18.2. The summed E-state index contributed by atoms with van der Waals surface area (Å²) in [6.07, 6.45) is -1.27. The van der Waals surface area contributed by atoms with Gasteiger partial charge in [-0.15, -0.1) is 0 Å². The van der Waals surface area contributed by atoms with Crippen LogP contribution in [0.5, 0.6) is 0 Å². The van der Waals surface area contributed by atoms with Crippen molar-refractivity contribution in [2.75, 3.05) is 25.4 Å². The van der Waals surface area contributed by atoms with Gasteiger partial charge in [0.1, 0.15) is 0 Å². The Morgan fingerprint density at radius 1 is 1.12 bits per heavy atom. The summed E-state index contributed by atoms with van der Waals surface area (Å²) in [5, 5.41) is 14.5. The fraction of sp³-hybridized carbons (Fsp3) is 0.733. The van der Waals surface area contributed by atoms with E-state index in [1.54, 1.807) is 13.8 Å². The zero-order valence-corrected chi connectivity index (χ0v) is 14.7. The molecule has 0 aromatic carbocycles. The largest absolute Gasteiger partial charge is 0.452 e. The summed E-state index contributed by atoms with van der Waals surface area (Å²) in [7, 11) is 0. The van der Waals surface area contributed by atoms with Crippen molar-refractivity contribution in [3.8, 4) is 0 Å². The lowest BCUT2D eigenvalue weighted by molar-refractivity contribution is -0.165. The zero-order valence-electron chi connectivity index (χ0n) is 13.9. The van der Waals surface area contributed by atoms with Gasteiger partial charge in [0, 0.05) is 37.1 Å². The number of carbonyl (C=O) groups excluding carboxylic acids is 4. The number of rotatable bonds is 2. The molecular formula is C15H24N2O6S. The molecule has 9 heteroatoms. The second-order valence-corrected chi connectivity index (χ2v) is 7.28. The number of carbonyl (C=O) groups is 4. The first-order valence-electron chi connectivity index (χ1n) is 7.76. The molecule has 3 N–H and O–H groups in total. The van der Waals surface area contributed by atoms with Gasteiger partial charge >= 0.3 is 5.97 Å². The van der Waals surface area contributed by atoms with Crippen LogP contribution in [0.15, 0.2) is 0 Å². The van der Waals surface area contributed by atoms with Crippen molar-refractivity contribution in [3.05, 3.63) is 0 Å². The fourth-order valence-electron chi connectivity index (χ4n) is 1.95. The van der Waals surface area contributed by atoms with Crippen LogP contribution in [0.2, 0.25) is 0 Å². The number of amides is 2. The quantitative estimate of drug-likeness (QED) is 0.572. The molecule has 0 spiro atoms. The maximum atomic E-state index is 12.3. The standard InChI is InChI=1S/C15H24N2O6S/c1-15(2,9-18)13-14(22)17-6-5-10(19)16-7-8-24-12(21)4-3-11(20)23-13/h13,18H,3-9H2,1-2H3,(H,16,19)(H,17,22). The van der Waals surface area contributed by atoms with Gasteiger partial charge in [-0.25, -0.2) is 0 Å². The van der Waals surface area contributed by atoms with Crippen LogP contribution in [-0.2, 0) is 23.9 Å². The summed E-state index contributed by atoms with van der Waals surface area (Å²) in [4.78, 5) is 47.5. The summed E-state index contributed by atoms with van der Waals surface area (Å²) < 4.78 is 5.20. The lowest BCUT2D eigenvalue weighted by Crippen LogP contribution is -2.48. The highest BCUT2D eigenvalue weighted by Crippen LogP contribution is 2.24. The van der Waals surface area contributed by atoms with Gasteiger partial charge in [-0.3, -0.25) is 19.2 Å². The van der Waals surface area contributed by atoms with Crippen LogP contribution >= 0.6 is 11.8 Å². The summed E-state index contributed by atoms with van der Waals surface area (Å²) >= 11 is 1.04. The molecule has 0 aromatic rings. The molecule has 1 aliphatic rings. The third kappa shape index (κ3) is 6.88. The van der Waals surface area contributed by atoms with Crippen LogP contribution in [-0.4, -0.2) is 59.6 Å². The fourth-order valence-corrected chi connectivity index (χ4v) is 2.63. The number of cyclic esters (lactones) is 1. The molecule has 24 heavy (non-hydrogen) atoms. The van der Waals surface area contributed by atoms with Crippen LogP contribution < -0.4 is 10.6 Å². The van der Waals surface area contributed by atoms with Crippen molar-refractivity contribution in [1.82, 2.24) is 10.6 Å². The van der Waals surface area contributed by atoms with Crippen LogP contribution in [0.1, 0.15) is 33.1 Å². The molecule has 1 rings (SSSR count). The lowest BCUT2D eigenvalue weighted by Gasteiger charge is -2.31. The predicted octanol–water partition coefficient (Wildman–Crippen LogP) is -0.407. The molecule has 0 saturated carbocycles. The number of thioether (sulfide) groups is 1. The minimum absolute atomic E-state index is 0.00859. The first kappa shape index (κ1) is 20.4. The van der Waals surface area contributed by atoms with E-state index < -0.39 is 23.4 Å². The third-order valence-corrected chi connectivity index (χ3v) is 4.41. The first-order chi connectivity index (χ1) is 11.3. The molecule has 0 bridgehead atoms. The minimum Gasteiger partial charge on any atom is -0.452 e. The van der Waals surface area contributed by atoms with Gasteiger partial charge in [0.15, 0.2) is 11.2 Å². The van der Waals surface area contributed by atoms with Gasteiger partial charge in [0.2, 0.25) is 5.91 Å². The Kier molecular flexibility index (Phi) is 8.20. The normalized spacial score (nSPS) is 22.7. The topological polar surface area (TPSA) is 122 Å². The van der Waals surface area contributed by atoms with E-state index in [-0.39, 0.29) is 43.4 Å². The summed E-state index contributed by atoms with van der Waals surface area (Å²) in [5.41, 5.74) is -0.991. The average molecular weight is 360 g/mol. The number of hydrogen-bond acceptors (Lipinski definition) is 7. The van der Waals surface area contributed by atoms with E-state index in [9.17, 15) is 24.3 Å². The van der Waals surface area contributed by atoms with Crippen molar-refractivity contribution in [2.45, 2.75) is 39.2 Å². The van der Waals surface area contributed by atoms with Crippen LogP contribution in [0.4, 0.5) is 0 Å². The van der Waals surface area contributed by atoms with Gasteiger partial charge in [-0.2, -0.15) is 0 Å². The molecule has 1 unspecified atom stereocenters. The Morgan fingerprint density at radius 2 is 1.83 bits per heavy atom. The summed E-state index contributed by atoms with van der Waals surface area (Å²) in [6.45, 7) is 3.24. The first-order valence-corrected chi connectivity index (χ1v) is 8.75. The maximum absolute atomic E-state index is 12.3. The summed E-state index contributed by atoms with van der Waals surface area (Å²) in [5.74, 6) is -1.07. The van der Waals surface area contributed by atoms with Gasteiger partial charge in [-0.1, -0.05) is 25.6 Å². The predicted molar refractivity (Wildman–Crippen MR) is 88.1 cm³/mol. The Morgan fingerprint density at radius 3 is 2.50 bits per heavy atom. The molecule has 8 nitrogen and oxygen atoms in total. The lowest BCUT2D eigenvalue weighted by atomic mass is 9.86. The van der Waals surface area contributed by atoms with Gasteiger partial charge < -0.3 is 20.5 Å². The smallest absolute Gasteiger partial charge is 0.307 e. The molecule has 1 heterocycles. The van der Waals surface area contributed by atoms with Crippen LogP contribution in [0.3, 0.4) is 0 Å². The van der Waals surface area contributed by atoms with E-state index in [1.807, 2.05) is 0 Å². The second-order valence-electron chi connectivity index (χ2n) is 6.13. The van der Waals surface area contributed by atoms with Gasteiger partial charge in [0.05, 0.1) is 13.0 Å². The van der Waals surface area contributed by atoms with Crippen molar-refractivity contribution in [3.63, 3.8) is 0 Å². The monoisotopic (exact) mass is 360 g/mol. The Labute approximate surface area is 145 Å². The van der Waals surface area contributed by atoms with Crippen LogP contribution in [0, 0.1) is 5.41 Å². The van der Waals surface area contributed by atoms with Gasteiger partial charge in [0.25, 0.3) is 5.91 Å². The number of ether oxygens (including phenoxy) is 1. The molecule has 1 atom stereocenters.